The molecule has 1 aromatic rings. The first-order valence-electron chi connectivity index (χ1n) is 5.49. The molecule has 15 heavy (non-hydrogen) atoms. The minimum atomic E-state index is -0.0313. The van der Waals surface area contributed by atoms with Crippen molar-refractivity contribution < 1.29 is 9.52 Å². The Kier molecular flexibility index (Phi) is 4.15. The van der Waals surface area contributed by atoms with Crippen LogP contribution in [0.3, 0.4) is 0 Å². The molecule has 2 nitrogen and oxygen atoms in total. The van der Waals surface area contributed by atoms with Crippen molar-refractivity contribution in [2.75, 3.05) is 0 Å². The van der Waals surface area contributed by atoms with E-state index in [0.717, 1.165) is 12.2 Å². The van der Waals surface area contributed by atoms with Gasteiger partial charge in [-0.3, -0.25) is 0 Å². The smallest absolute Gasteiger partial charge is 0.130 e. The van der Waals surface area contributed by atoms with E-state index in [2.05, 4.69) is 27.7 Å². The lowest BCUT2D eigenvalue weighted by molar-refractivity contribution is 0.246. The lowest BCUT2D eigenvalue weighted by atomic mass is 9.94. The van der Waals surface area contributed by atoms with E-state index in [0.29, 0.717) is 11.7 Å². The van der Waals surface area contributed by atoms with Crippen molar-refractivity contribution in [1.82, 2.24) is 0 Å². The van der Waals surface area contributed by atoms with E-state index in [9.17, 15) is 0 Å². The van der Waals surface area contributed by atoms with Crippen LogP contribution in [0.4, 0.5) is 0 Å². The average Bonchev–Trinajstić information content (AvgIpc) is 2.66. The molecule has 1 rings (SSSR count). The van der Waals surface area contributed by atoms with Gasteiger partial charge in [0.05, 0.1) is 0 Å². The Bertz CT molecular complexity index is 345. The molecule has 84 valence electrons. The largest absolute Gasteiger partial charge is 0.459 e. The summed E-state index contributed by atoms with van der Waals surface area (Å²) in [5, 5.41) is 8.93. The normalized spacial score (nSPS) is 13.2. The number of rotatable bonds is 4. The zero-order valence-corrected chi connectivity index (χ0v) is 10.0. The van der Waals surface area contributed by atoms with E-state index in [1.54, 1.807) is 0 Å². The molecule has 0 bridgehead atoms. The molecule has 0 aliphatic rings. The van der Waals surface area contributed by atoms with Gasteiger partial charge in [0, 0.05) is 0 Å². The molecule has 0 unspecified atom stereocenters. The second-order valence-electron chi connectivity index (χ2n) is 4.08. The molecule has 2 heteroatoms. The van der Waals surface area contributed by atoms with Gasteiger partial charge >= 0.3 is 0 Å². The maximum Gasteiger partial charge on any atom is 0.130 e. The third kappa shape index (κ3) is 2.72. The molecule has 1 aromatic heterocycles. The Morgan fingerprint density at radius 2 is 2.07 bits per heavy atom. The fourth-order valence-electron chi connectivity index (χ4n) is 1.93. The quantitative estimate of drug-likeness (QED) is 0.820. The van der Waals surface area contributed by atoms with Crippen LogP contribution in [0.25, 0.3) is 5.57 Å². The number of aliphatic hydroxyl groups is 1. The van der Waals surface area contributed by atoms with E-state index in [4.69, 9.17) is 9.52 Å². The van der Waals surface area contributed by atoms with E-state index >= 15 is 0 Å². The molecular weight excluding hydrogens is 188 g/mol. The summed E-state index contributed by atoms with van der Waals surface area (Å²) in [7, 11) is 0. The highest BCUT2D eigenvalue weighted by Gasteiger charge is 2.10. The molecule has 0 radical (unpaired) electrons. The van der Waals surface area contributed by atoms with Crippen LogP contribution in [0, 0.1) is 5.92 Å². The second-order valence-corrected chi connectivity index (χ2v) is 4.08. The summed E-state index contributed by atoms with van der Waals surface area (Å²) in [5.74, 6) is 2.05. The van der Waals surface area contributed by atoms with Crippen LogP contribution < -0.4 is 0 Å². The van der Waals surface area contributed by atoms with Crippen LogP contribution in [0.1, 0.15) is 45.6 Å². The minimum absolute atomic E-state index is 0.0313. The number of allylic oxidation sites excluding steroid dienone is 2. The summed E-state index contributed by atoms with van der Waals surface area (Å²) >= 11 is 0. The van der Waals surface area contributed by atoms with Crippen molar-refractivity contribution >= 4 is 5.57 Å². The van der Waals surface area contributed by atoms with Crippen molar-refractivity contribution in [2.24, 2.45) is 5.92 Å². The molecule has 0 saturated heterocycles. The molecule has 0 fully saturated rings. The first-order valence-corrected chi connectivity index (χ1v) is 5.49. The first kappa shape index (κ1) is 12.1. The minimum Gasteiger partial charge on any atom is -0.459 e. The number of aliphatic hydroxyl groups excluding tert-OH is 1. The van der Waals surface area contributed by atoms with Crippen molar-refractivity contribution in [2.45, 2.75) is 40.7 Å². The maximum atomic E-state index is 8.93. The predicted molar refractivity (Wildman–Crippen MR) is 62.4 cm³/mol. The Morgan fingerprint density at radius 3 is 2.47 bits per heavy atom. The van der Waals surface area contributed by atoms with Crippen molar-refractivity contribution in [3.8, 4) is 0 Å². The van der Waals surface area contributed by atoms with Gasteiger partial charge in [0.1, 0.15) is 18.1 Å². The number of hydrogen-bond acceptors (Lipinski definition) is 2. The van der Waals surface area contributed by atoms with Gasteiger partial charge < -0.3 is 9.52 Å². The van der Waals surface area contributed by atoms with Crippen molar-refractivity contribution in [3.63, 3.8) is 0 Å². The second kappa shape index (κ2) is 5.17. The Hall–Kier alpha value is -1.02. The van der Waals surface area contributed by atoms with Gasteiger partial charge in [0.2, 0.25) is 0 Å². The molecule has 0 spiro atoms. The van der Waals surface area contributed by atoms with E-state index < -0.39 is 0 Å². The molecule has 1 N–H and O–H groups in total. The molecule has 0 saturated carbocycles. The fraction of sp³-hybridized carbons (Fsp3) is 0.538. The third-order valence-corrected chi connectivity index (χ3v) is 2.75. The van der Waals surface area contributed by atoms with Crippen LogP contribution in [-0.4, -0.2) is 5.11 Å². The lowest BCUT2D eigenvalue weighted by Crippen LogP contribution is -1.95. The highest BCUT2D eigenvalue weighted by molar-refractivity contribution is 5.63. The van der Waals surface area contributed by atoms with Gasteiger partial charge in [-0.25, -0.2) is 0 Å². The molecule has 0 aromatic carbocycles. The first-order chi connectivity index (χ1) is 7.10. The van der Waals surface area contributed by atoms with Crippen LogP contribution in [-0.2, 0) is 6.61 Å². The zero-order valence-electron chi connectivity index (χ0n) is 10.0. The van der Waals surface area contributed by atoms with Crippen LogP contribution in [0.15, 0.2) is 22.1 Å². The summed E-state index contributed by atoms with van der Waals surface area (Å²) in [5.41, 5.74) is 2.61. The van der Waals surface area contributed by atoms with Crippen LogP contribution in [0.2, 0.25) is 0 Å². The summed E-state index contributed by atoms with van der Waals surface area (Å²) in [6.07, 6.45) is 1.04. The van der Waals surface area contributed by atoms with E-state index in [1.807, 2.05) is 12.1 Å². The van der Waals surface area contributed by atoms with Gasteiger partial charge in [-0.2, -0.15) is 0 Å². The van der Waals surface area contributed by atoms with Gasteiger partial charge in [0.15, 0.2) is 0 Å². The number of furan rings is 1. The van der Waals surface area contributed by atoms with Crippen molar-refractivity contribution in [3.05, 3.63) is 29.2 Å². The monoisotopic (exact) mass is 208 g/mol. The molecule has 1 heterocycles. The summed E-state index contributed by atoms with van der Waals surface area (Å²) < 4.78 is 5.52. The Balaban J connectivity index is 3.04. The highest BCUT2D eigenvalue weighted by atomic mass is 16.4. The van der Waals surface area contributed by atoms with Gasteiger partial charge in [-0.1, -0.05) is 26.3 Å². The van der Waals surface area contributed by atoms with Gasteiger partial charge in [0.25, 0.3) is 0 Å². The third-order valence-electron chi connectivity index (χ3n) is 2.75. The molecule has 0 amide bonds. The fourth-order valence-corrected chi connectivity index (χ4v) is 1.93. The Labute approximate surface area is 91.6 Å². The van der Waals surface area contributed by atoms with Gasteiger partial charge in [-0.05, 0) is 37.0 Å². The molecular formula is C13H20O2. The van der Waals surface area contributed by atoms with Crippen LogP contribution in [0.5, 0.6) is 0 Å². The van der Waals surface area contributed by atoms with Gasteiger partial charge in [-0.15, -0.1) is 0 Å². The maximum absolute atomic E-state index is 8.93. The summed E-state index contributed by atoms with van der Waals surface area (Å²) in [6.45, 7) is 8.60. The predicted octanol–water partition coefficient (Wildman–Crippen LogP) is 3.61. The number of hydrogen-bond donors (Lipinski definition) is 1. The van der Waals surface area contributed by atoms with Crippen molar-refractivity contribution in [1.29, 1.82) is 0 Å². The standard InChI is InChI=1S/C13H20O2/c1-5-12(9(2)3)10(4)13-7-6-11(8-14)15-13/h6-7,9,14H,5,8H2,1-4H3/b12-10-. The summed E-state index contributed by atoms with van der Waals surface area (Å²) in [4.78, 5) is 0. The molecule has 0 aliphatic carbocycles. The SMILES string of the molecule is CC/C(=C(\C)c1ccc(CO)o1)C(C)C. The molecule has 0 atom stereocenters. The average molecular weight is 208 g/mol. The lowest BCUT2D eigenvalue weighted by Gasteiger charge is -2.12. The van der Waals surface area contributed by atoms with Crippen LogP contribution >= 0.6 is 0 Å². The highest BCUT2D eigenvalue weighted by Crippen LogP contribution is 2.27. The topological polar surface area (TPSA) is 33.4 Å². The Morgan fingerprint density at radius 1 is 1.40 bits per heavy atom. The summed E-state index contributed by atoms with van der Waals surface area (Å²) in [6, 6.07) is 3.76. The zero-order chi connectivity index (χ0) is 11.4. The van der Waals surface area contributed by atoms with E-state index in [-0.39, 0.29) is 6.61 Å². The molecule has 0 aliphatic heterocycles. The van der Waals surface area contributed by atoms with E-state index in [1.165, 1.54) is 11.1 Å².